The Bertz CT molecular complexity index is 899. The highest BCUT2D eigenvalue weighted by molar-refractivity contribution is 8.00. The Labute approximate surface area is 155 Å². The molecule has 3 aromatic rings. The standard InChI is InChI=1S/C19H18FN3O2S/c1-13(18(24)25-2)26-19-22-21-17(15-10-6-7-11-16(15)20)23(19)12-14-8-4-3-5-9-14/h3-11,13H,12H2,1-2H3. The van der Waals surface area contributed by atoms with Gasteiger partial charge in [0.2, 0.25) is 0 Å². The van der Waals surface area contributed by atoms with Crippen LogP contribution in [0.1, 0.15) is 12.5 Å². The highest BCUT2D eigenvalue weighted by Gasteiger charge is 2.22. The molecule has 0 aliphatic carbocycles. The van der Waals surface area contributed by atoms with Gasteiger partial charge in [-0.05, 0) is 24.6 Å². The molecule has 5 nitrogen and oxygen atoms in total. The molecule has 2 aromatic carbocycles. The van der Waals surface area contributed by atoms with Crippen molar-refractivity contribution in [2.75, 3.05) is 7.11 Å². The number of thioether (sulfide) groups is 1. The molecule has 0 aliphatic heterocycles. The van der Waals surface area contributed by atoms with E-state index in [1.54, 1.807) is 25.1 Å². The second kappa shape index (κ2) is 8.14. The quantitative estimate of drug-likeness (QED) is 0.487. The Morgan fingerprint density at radius 3 is 2.54 bits per heavy atom. The minimum atomic E-state index is -0.452. The molecule has 134 valence electrons. The first-order valence-electron chi connectivity index (χ1n) is 8.06. The number of carbonyl (C=O) groups is 1. The average Bonchev–Trinajstić information content (AvgIpc) is 3.04. The zero-order valence-corrected chi connectivity index (χ0v) is 15.2. The van der Waals surface area contributed by atoms with Gasteiger partial charge in [-0.2, -0.15) is 0 Å². The van der Waals surface area contributed by atoms with E-state index < -0.39 is 5.25 Å². The van der Waals surface area contributed by atoms with Crippen LogP contribution in [0.4, 0.5) is 4.39 Å². The van der Waals surface area contributed by atoms with Crippen LogP contribution in [0.5, 0.6) is 0 Å². The molecule has 1 heterocycles. The number of benzene rings is 2. The van der Waals surface area contributed by atoms with Crippen molar-refractivity contribution in [1.82, 2.24) is 14.8 Å². The number of hydrogen-bond acceptors (Lipinski definition) is 5. The minimum Gasteiger partial charge on any atom is -0.468 e. The lowest BCUT2D eigenvalue weighted by atomic mass is 10.2. The van der Waals surface area contributed by atoms with Gasteiger partial charge in [-0.3, -0.25) is 9.36 Å². The first-order chi connectivity index (χ1) is 12.6. The molecule has 1 atom stereocenters. The maximum Gasteiger partial charge on any atom is 0.318 e. The van der Waals surface area contributed by atoms with Crippen molar-refractivity contribution in [1.29, 1.82) is 0 Å². The summed E-state index contributed by atoms with van der Waals surface area (Å²) in [6.45, 7) is 2.20. The second-order valence-electron chi connectivity index (χ2n) is 5.64. The van der Waals surface area contributed by atoms with Gasteiger partial charge < -0.3 is 4.74 Å². The number of ether oxygens (including phenoxy) is 1. The molecule has 1 unspecified atom stereocenters. The van der Waals surface area contributed by atoms with Gasteiger partial charge in [-0.25, -0.2) is 4.39 Å². The first kappa shape index (κ1) is 18.1. The normalized spacial score (nSPS) is 12.0. The molecule has 0 saturated heterocycles. The maximum atomic E-state index is 14.3. The molecule has 0 radical (unpaired) electrons. The summed E-state index contributed by atoms with van der Waals surface area (Å²) in [5.74, 6) is -0.296. The average molecular weight is 371 g/mol. The van der Waals surface area contributed by atoms with Crippen LogP contribution < -0.4 is 0 Å². The molecule has 0 bridgehead atoms. The Hall–Kier alpha value is -2.67. The van der Waals surface area contributed by atoms with Crippen molar-refractivity contribution in [3.63, 3.8) is 0 Å². The number of carbonyl (C=O) groups excluding carboxylic acids is 1. The Morgan fingerprint density at radius 1 is 1.15 bits per heavy atom. The number of rotatable bonds is 6. The van der Waals surface area contributed by atoms with Crippen LogP contribution in [0.15, 0.2) is 59.8 Å². The highest BCUT2D eigenvalue weighted by atomic mass is 32.2. The summed E-state index contributed by atoms with van der Waals surface area (Å²) < 4.78 is 20.9. The predicted octanol–water partition coefficient (Wildman–Crippen LogP) is 3.79. The number of aromatic nitrogens is 3. The van der Waals surface area contributed by atoms with Gasteiger partial charge in [0.15, 0.2) is 11.0 Å². The third-order valence-corrected chi connectivity index (χ3v) is 4.89. The summed E-state index contributed by atoms with van der Waals surface area (Å²) in [5.41, 5.74) is 1.39. The molecular weight excluding hydrogens is 353 g/mol. The molecule has 1 aromatic heterocycles. The lowest BCUT2D eigenvalue weighted by molar-refractivity contribution is -0.139. The molecule has 26 heavy (non-hydrogen) atoms. The van der Waals surface area contributed by atoms with Gasteiger partial charge in [-0.1, -0.05) is 54.2 Å². The summed E-state index contributed by atoms with van der Waals surface area (Å²) in [7, 11) is 1.35. The molecule has 3 rings (SSSR count). The molecule has 7 heteroatoms. The zero-order valence-electron chi connectivity index (χ0n) is 14.4. The fraction of sp³-hybridized carbons (Fsp3) is 0.211. The minimum absolute atomic E-state index is 0.350. The summed E-state index contributed by atoms with van der Waals surface area (Å²) in [6.07, 6.45) is 0. The van der Waals surface area contributed by atoms with E-state index in [4.69, 9.17) is 4.74 Å². The molecule has 0 saturated carbocycles. The third-order valence-electron chi connectivity index (χ3n) is 3.83. The number of methoxy groups -OCH3 is 1. The number of esters is 1. The predicted molar refractivity (Wildman–Crippen MR) is 98.3 cm³/mol. The van der Waals surface area contributed by atoms with Crippen LogP contribution in [-0.4, -0.2) is 33.1 Å². The monoisotopic (exact) mass is 371 g/mol. The number of nitrogens with zero attached hydrogens (tertiary/aromatic N) is 3. The molecule has 0 N–H and O–H groups in total. The SMILES string of the molecule is COC(=O)C(C)Sc1nnc(-c2ccccc2F)n1Cc1ccccc1. The Morgan fingerprint density at radius 2 is 1.85 bits per heavy atom. The van der Waals surface area contributed by atoms with Crippen molar-refractivity contribution >= 4 is 17.7 Å². The van der Waals surface area contributed by atoms with Crippen LogP contribution in [0.3, 0.4) is 0 Å². The second-order valence-corrected chi connectivity index (χ2v) is 6.95. The van der Waals surface area contributed by atoms with E-state index in [0.717, 1.165) is 5.56 Å². The van der Waals surface area contributed by atoms with Crippen LogP contribution in [0.2, 0.25) is 0 Å². The molecule has 0 spiro atoms. The molecule has 0 fully saturated rings. The topological polar surface area (TPSA) is 57.0 Å². The molecule has 0 amide bonds. The van der Waals surface area contributed by atoms with Crippen molar-refractivity contribution in [2.45, 2.75) is 23.9 Å². The van der Waals surface area contributed by atoms with Gasteiger partial charge in [0.1, 0.15) is 11.1 Å². The van der Waals surface area contributed by atoms with E-state index in [1.807, 2.05) is 34.9 Å². The van der Waals surface area contributed by atoms with Gasteiger partial charge in [0.25, 0.3) is 0 Å². The van der Waals surface area contributed by atoms with Gasteiger partial charge in [-0.15, -0.1) is 10.2 Å². The first-order valence-corrected chi connectivity index (χ1v) is 8.94. The smallest absolute Gasteiger partial charge is 0.318 e. The Kier molecular flexibility index (Phi) is 5.68. The van der Waals surface area contributed by atoms with E-state index in [0.29, 0.717) is 23.1 Å². The number of hydrogen-bond donors (Lipinski definition) is 0. The lowest BCUT2D eigenvalue weighted by Gasteiger charge is -2.13. The molecular formula is C19H18FN3O2S. The van der Waals surface area contributed by atoms with Crippen molar-refractivity contribution in [3.05, 3.63) is 66.0 Å². The summed E-state index contributed by atoms with van der Waals surface area (Å²) in [6, 6.07) is 16.2. The number of halogens is 1. The van der Waals surface area contributed by atoms with Crippen molar-refractivity contribution < 1.29 is 13.9 Å². The van der Waals surface area contributed by atoms with E-state index >= 15 is 0 Å². The largest absolute Gasteiger partial charge is 0.468 e. The van der Waals surface area contributed by atoms with Gasteiger partial charge in [0, 0.05) is 0 Å². The summed E-state index contributed by atoms with van der Waals surface area (Å²) in [4.78, 5) is 11.8. The Balaban J connectivity index is 2.02. The van der Waals surface area contributed by atoms with Gasteiger partial charge >= 0.3 is 5.97 Å². The fourth-order valence-electron chi connectivity index (χ4n) is 2.50. The fourth-order valence-corrected chi connectivity index (χ4v) is 3.37. The van der Waals surface area contributed by atoms with E-state index in [-0.39, 0.29) is 11.8 Å². The van der Waals surface area contributed by atoms with E-state index in [2.05, 4.69) is 10.2 Å². The van der Waals surface area contributed by atoms with E-state index in [1.165, 1.54) is 24.9 Å². The highest BCUT2D eigenvalue weighted by Crippen LogP contribution is 2.29. The van der Waals surface area contributed by atoms with Crippen LogP contribution in [-0.2, 0) is 16.1 Å². The van der Waals surface area contributed by atoms with Gasteiger partial charge in [0.05, 0.1) is 19.2 Å². The van der Waals surface area contributed by atoms with Crippen molar-refractivity contribution in [2.24, 2.45) is 0 Å². The maximum absolute atomic E-state index is 14.3. The lowest BCUT2D eigenvalue weighted by Crippen LogP contribution is -2.16. The van der Waals surface area contributed by atoms with Crippen LogP contribution >= 0.6 is 11.8 Å². The van der Waals surface area contributed by atoms with Crippen LogP contribution in [0, 0.1) is 5.82 Å². The molecule has 0 aliphatic rings. The third kappa shape index (κ3) is 3.94. The van der Waals surface area contributed by atoms with Crippen LogP contribution in [0.25, 0.3) is 11.4 Å². The summed E-state index contributed by atoms with van der Waals surface area (Å²) >= 11 is 1.24. The van der Waals surface area contributed by atoms with E-state index in [9.17, 15) is 9.18 Å². The van der Waals surface area contributed by atoms with Crippen molar-refractivity contribution in [3.8, 4) is 11.4 Å². The summed E-state index contributed by atoms with van der Waals surface area (Å²) in [5, 5.41) is 8.45. The zero-order chi connectivity index (χ0) is 18.5.